The van der Waals surface area contributed by atoms with Crippen molar-refractivity contribution in [3.05, 3.63) is 12.0 Å². The average molecular weight is 426 g/mol. The van der Waals surface area contributed by atoms with Gasteiger partial charge in [-0.1, -0.05) is 6.92 Å². The van der Waals surface area contributed by atoms with Crippen LogP contribution in [0.5, 0.6) is 0 Å². The minimum absolute atomic E-state index is 0.0687. The van der Waals surface area contributed by atoms with Crippen LogP contribution < -0.4 is 0 Å². The van der Waals surface area contributed by atoms with E-state index in [1.165, 1.54) is 0 Å². The van der Waals surface area contributed by atoms with Crippen LogP contribution in [0, 0.1) is 0 Å². The van der Waals surface area contributed by atoms with Crippen LogP contribution in [0.1, 0.15) is 13.3 Å². The quantitative estimate of drug-likeness (QED) is 0.175. The minimum atomic E-state index is -1.64. The molecule has 0 spiro atoms. The Kier molecular flexibility index (Phi) is 9.03. The number of ether oxygens (including phenoxy) is 4. The molecule has 12 nitrogen and oxygen atoms in total. The van der Waals surface area contributed by atoms with E-state index in [-0.39, 0.29) is 12.4 Å². The van der Waals surface area contributed by atoms with Crippen LogP contribution in [-0.2, 0) is 18.9 Å². The Morgan fingerprint density at radius 3 is 2.24 bits per heavy atom. The molecule has 2 aliphatic rings. The summed E-state index contributed by atoms with van der Waals surface area (Å²) in [4.78, 5) is 0. The second-order valence-electron chi connectivity index (χ2n) is 7.03. The van der Waals surface area contributed by atoms with Crippen molar-refractivity contribution in [3.63, 3.8) is 0 Å². The van der Waals surface area contributed by atoms with E-state index in [9.17, 15) is 40.9 Å². The van der Waals surface area contributed by atoms with Crippen molar-refractivity contribution in [2.45, 2.75) is 74.6 Å². The van der Waals surface area contributed by atoms with Crippen molar-refractivity contribution < 1.29 is 59.8 Å². The predicted octanol–water partition coefficient (Wildman–Crippen LogP) is -4.09. The maximum absolute atomic E-state index is 10.1. The van der Waals surface area contributed by atoms with Gasteiger partial charge in [0.05, 0.1) is 19.3 Å². The van der Waals surface area contributed by atoms with Gasteiger partial charge >= 0.3 is 0 Å². The van der Waals surface area contributed by atoms with Crippen LogP contribution in [0.3, 0.4) is 0 Å². The van der Waals surface area contributed by atoms with Gasteiger partial charge in [0.2, 0.25) is 0 Å². The van der Waals surface area contributed by atoms with Gasteiger partial charge in [0.25, 0.3) is 0 Å². The van der Waals surface area contributed by atoms with Crippen molar-refractivity contribution in [2.75, 3.05) is 19.8 Å². The number of rotatable bonds is 8. The summed E-state index contributed by atoms with van der Waals surface area (Å²) < 4.78 is 21.0. The molecule has 2 aliphatic heterocycles. The maximum atomic E-state index is 10.1. The van der Waals surface area contributed by atoms with Gasteiger partial charge in [0.1, 0.15) is 55.6 Å². The molecule has 12 heteroatoms. The zero-order valence-electron chi connectivity index (χ0n) is 15.9. The lowest BCUT2D eigenvalue weighted by Gasteiger charge is -2.41. The highest BCUT2D eigenvalue weighted by Gasteiger charge is 2.46. The van der Waals surface area contributed by atoms with Gasteiger partial charge in [-0.2, -0.15) is 0 Å². The molecule has 0 amide bonds. The van der Waals surface area contributed by atoms with E-state index in [0.29, 0.717) is 6.42 Å². The zero-order chi connectivity index (χ0) is 21.7. The average Bonchev–Trinajstić information content (AvgIpc) is 2.72. The van der Waals surface area contributed by atoms with Crippen LogP contribution in [0.25, 0.3) is 0 Å². The lowest BCUT2D eigenvalue weighted by atomic mass is 9.98. The van der Waals surface area contributed by atoms with Gasteiger partial charge in [-0.15, -0.1) is 0 Å². The summed E-state index contributed by atoms with van der Waals surface area (Å²) in [5, 5.41) is 78.3. The third-order valence-electron chi connectivity index (χ3n) is 4.87. The van der Waals surface area contributed by atoms with Crippen LogP contribution in [0.15, 0.2) is 12.0 Å². The molecule has 8 unspecified atom stereocenters. The van der Waals surface area contributed by atoms with E-state index in [0.717, 1.165) is 6.26 Å². The molecule has 2 fully saturated rings. The fourth-order valence-corrected chi connectivity index (χ4v) is 2.87. The lowest BCUT2D eigenvalue weighted by Crippen LogP contribution is -2.60. The molecule has 0 aromatic rings. The fourth-order valence-electron chi connectivity index (χ4n) is 2.87. The van der Waals surface area contributed by atoms with Crippen LogP contribution in [-0.4, -0.2) is 122 Å². The van der Waals surface area contributed by atoms with Gasteiger partial charge in [-0.25, -0.2) is 0 Å². The van der Waals surface area contributed by atoms with E-state index < -0.39 is 74.4 Å². The molecule has 0 radical (unpaired) electrons. The van der Waals surface area contributed by atoms with Crippen molar-refractivity contribution in [2.24, 2.45) is 0 Å². The summed E-state index contributed by atoms with van der Waals surface area (Å²) in [7, 11) is 0. The van der Waals surface area contributed by atoms with Crippen molar-refractivity contribution in [1.82, 2.24) is 0 Å². The highest BCUT2D eigenvalue weighted by atomic mass is 16.7. The highest BCUT2D eigenvalue weighted by molar-refractivity contribution is 5.07. The molecule has 0 bridgehead atoms. The van der Waals surface area contributed by atoms with E-state index in [1.54, 1.807) is 6.92 Å². The summed E-state index contributed by atoms with van der Waals surface area (Å²) in [6.07, 6.45) is -12.7. The normalized spacial score (nSPS) is 43.1. The van der Waals surface area contributed by atoms with Crippen LogP contribution in [0.2, 0.25) is 0 Å². The van der Waals surface area contributed by atoms with Gasteiger partial charge in [0.15, 0.2) is 18.2 Å². The van der Waals surface area contributed by atoms with Gasteiger partial charge in [0, 0.05) is 0 Å². The lowest BCUT2D eigenvalue weighted by molar-refractivity contribution is -0.308. The molecule has 0 aromatic heterocycles. The summed E-state index contributed by atoms with van der Waals surface area (Å²) in [5.74, 6) is -0.200. The van der Waals surface area contributed by atoms with Gasteiger partial charge in [-0.3, -0.25) is 0 Å². The summed E-state index contributed by atoms with van der Waals surface area (Å²) in [5.41, 5.74) is 0. The Morgan fingerprint density at radius 2 is 1.62 bits per heavy atom. The SMILES string of the molecule is CCC(O)CO/C=C1\OC(CO[C@H]2OC(CO)C(O)C(O)[C@H]2O)C(O)C(O)C1O. The molecular weight excluding hydrogens is 396 g/mol. The standard InChI is InChI=1S/C17H30O12/c1-2-7(19)4-26-5-9-12(21)14(23)13(22)10(28-9)6-27-17-16(25)15(24)11(20)8(3-18)29-17/h5,7-8,10-25H,2-4,6H2,1H3/b9-5-/t7?,8?,10?,11?,12?,13?,14?,15?,16-,17+/m1/s1. The van der Waals surface area contributed by atoms with Crippen molar-refractivity contribution in [3.8, 4) is 0 Å². The molecule has 170 valence electrons. The first kappa shape index (κ1) is 24.2. The molecule has 2 heterocycles. The molecule has 10 atom stereocenters. The third kappa shape index (κ3) is 5.76. The topological polar surface area (TPSA) is 199 Å². The van der Waals surface area contributed by atoms with Gasteiger partial charge < -0.3 is 59.8 Å². The Bertz CT molecular complexity index is 529. The fraction of sp³-hybridized carbons (Fsp3) is 0.882. The summed E-state index contributed by atoms with van der Waals surface area (Å²) >= 11 is 0. The Labute approximate surface area is 167 Å². The number of aliphatic hydroxyl groups is 8. The van der Waals surface area contributed by atoms with E-state index in [1.807, 2.05) is 0 Å². The molecule has 2 saturated heterocycles. The Morgan fingerprint density at radius 1 is 0.966 bits per heavy atom. The van der Waals surface area contributed by atoms with Crippen LogP contribution in [0.4, 0.5) is 0 Å². The molecule has 29 heavy (non-hydrogen) atoms. The second-order valence-corrected chi connectivity index (χ2v) is 7.03. The number of hydrogen-bond donors (Lipinski definition) is 8. The first-order chi connectivity index (χ1) is 13.7. The van der Waals surface area contributed by atoms with Crippen molar-refractivity contribution >= 4 is 0 Å². The van der Waals surface area contributed by atoms with E-state index in [2.05, 4.69) is 0 Å². The van der Waals surface area contributed by atoms with E-state index >= 15 is 0 Å². The van der Waals surface area contributed by atoms with Crippen molar-refractivity contribution in [1.29, 1.82) is 0 Å². The number of aliphatic hydroxyl groups excluding tert-OH is 8. The Hall–Kier alpha value is -1.06. The second kappa shape index (κ2) is 10.8. The zero-order valence-corrected chi connectivity index (χ0v) is 15.9. The van der Waals surface area contributed by atoms with Gasteiger partial charge in [-0.05, 0) is 6.42 Å². The smallest absolute Gasteiger partial charge is 0.186 e. The molecule has 0 aromatic carbocycles. The summed E-state index contributed by atoms with van der Waals surface area (Å²) in [6, 6.07) is 0. The Balaban J connectivity index is 1.98. The molecule has 0 saturated carbocycles. The number of hydrogen-bond acceptors (Lipinski definition) is 12. The molecule has 2 rings (SSSR count). The van der Waals surface area contributed by atoms with E-state index in [4.69, 9.17) is 18.9 Å². The van der Waals surface area contributed by atoms with Crippen LogP contribution >= 0.6 is 0 Å². The minimum Gasteiger partial charge on any atom is -0.495 e. The first-order valence-corrected chi connectivity index (χ1v) is 9.33. The highest BCUT2D eigenvalue weighted by Crippen LogP contribution is 2.27. The molecule has 8 N–H and O–H groups in total. The maximum Gasteiger partial charge on any atom is 0.186 e. The predicted molar refractivity (Wildman–Crippen MR) is 92.9 cm³/mol. The molecule has 0 aliphatic carbocycles. The molecular formula is C17H30O12. The first-order valence-electron chi connectivity index (χ1n) is 9.33. The largest absolute Gasteiger partial charge is 0.495 e. The summed E-state index contributed by atoms with van der Waals surface area (Å²) in [6.45, 7) is 0.606. The third-order valence-corrected chi connectivity index (χ3v) is 4.87. The monoisotopic (exact) mass is 426 g/mol.